The van der Waals surface area contributed by atoms with Crippen molar-refractivity contribution < 1.29 is 0 Å². The molecule has 1 aliphatic heterocycles. The second-order valence-electron chi connectivity index (χ2n) is 4.93. The topological polar surface area (TPSA) is 12.4 Å². The summed E-state index contributed by atoms with van der Waals surface area (Å²) in [4.78, 5) is 7.46. The van der Waals surface area contributed by atoms with Gasteiger partial charge >= 0.3 is 0 Å². The van der Waals surface area contributed by atoms with Gasteiger partial charge in [-0.2, -0.15) is 0 Å². The molecule has 0 spiro atoms. The zero-order valence-corrected chi connectivity index (χ0v) is 13.6. The maximum absolute atomic E-state index is 6.16. The van der Waals surface area contributed by atoms with E-state index in [0.717, 1.165) is 28.4 Å². The van der Waals surface area contributed by atoms with Crippen LogP contribution >= 0.6 is 23.4 Å². The van der Waals surface area contributed by atoms with E-state index in [-0.39, 0.29) is 0 Å². The van der Waals surface area contributed by atoms with Crippen LogP contribution in [0.4, 0.5) is 0 Å². The lowest BCUT2D eigenvalue weighted by Crippen LogP contribution is -2.04. The van der Waals surface area contributed by atoms with Crippen molar-refractivity contribution in [3.05, 3.63) is 75.3 Å². The molecule has 0 unspecified atom stereocenters. The molecule has 2 aromatic carbocycles. The number of thioether (sulfide) groups is 1. The van der Waals surface area contributed by atoms with Crippen molar-refractivity contribution in [2.75, 3.05) is 0 Å². The number of nitrogens with zero attached hydrogens (tertiary/aromatic N) is 1. The summed E-state index contributed by atoms with van der Waals surface area (Å²) >= 11 is 7.96. The molecular formula is C18H16ClNS. The summed E-state index contributed by atoms with van der Waals surface area (Å²) in [5.41, 5.74) is 4.39. The Balaban J connectivity index is 2.24. The summed E-state index contributed by atoms with van der Waals surface area (Å²) in [6.45, 7) is 4.29. The van der Waals surface area contributed by atoms with Gasteiger partial charge in [0.15, 0.2) is 0 Å². The average molecular weight is 314 g/mol. The highest BCUT2D eigenvalue weighted by molar-refractivity contribution is 8.03. The van der Waals surface area contributed by atoms with E-state index in [9.17, 15) is 0 Å². The van der Waals surface area contributed by atoms with Crippen LogP contribution in [0.15, 0.2) is 69.0 Å². The first-order valence-electron chi connectivity index (χ1n) is 7.00. The fourth-order valence-electron chi connectivity index (χ4n) is 2.43. The second kappa shape index (κ2) is 6.08. The Labute approximate surface area is 134 Å². The van der Waals surface area contributed by atoms with Crippen molar-refractivity contribution in [1.82, 2.24) is 0 Å². The summed E-state index contributed by atoms with van der Waals surface area (Å²) in [5, 5.41) is 0.739. The summed E-state index contributed by atoms with van der Waals surface area (Å²) < 4.78 is 0. The van der Waals surface area contributed by atoms with E-state index < -0.39 is 0 Å². The minimum absolute atomic E-state index is 0.739. The van der Waals surface area contributed by atoms with Crippen LogP contribution in [-0.4, -0.2) is 5.71 Å². The monoisotopic (exact) mass is 313 g/mol. The molecule has 0 amide bonds. The van der Waals surface area contributed by atoms with Crippen LogP contribution in [0.5, 0.6) is 0 Å². The van der Waals surface area contributed by atoms with Crippen molar-refractivity contribution >= 4 is 29.1 Å². The molecule has 1 heterocycles. The Hall–Kier alpha value is -1.51. The van der Waals surface area contributed by atoms with Crippen LogP contribution in [0, 0.1) is 0 Å². The predicted octanol–water partition coefficient (Wildman–Crippen LogP) is 5.92. The number of hydrogen-bond acceptors (Lipinski definition) is 2. The number of aliphatic imine (C=N–C) groups is 1. The van der Waals surface area contributed by atoms with E-state index in [1.807, 2.05) is 18.2 Å². The van der Waals surface area contributed by atoms with E-state index in [1.54, 1.807) is 11.8 Å². The Bertz CT molecular complexity index is 746. The number of benzene rings is 2. The highest BCUT2D eigenvalue weighted by Crippen LogP contribution is 2.37. The first kappa shape index (κ1) is 14.4. The van der Waals surface area contributed by atoms with Crippen LogP contribution in [0.2, 0.25) is 5.02 Å². The summed E-state index contributed by atoms with van der Waals surface area (Å²) in [7, 11) is 0. The largest absolute Gasteiger partial charge is 0.251 e. The number of hydrogen-bond donors (Lipinski definition) is 0. The third-order valence-electron chi connectivity index (χ3n) is 3.49. The Morgan fingerprint density at radius 2 is 1.90 bits per heavy atom. The normalized spacial score (nSPS) is 14.5. The lowest BCUT2D eigenvalue weighted by molar-refractivity contribution is 1.05. The summed E-state index contributed by atoms with van der Waals surface area (Å²) in [5.74, 6) is 0. The third kappa shape index (κ3) is 2.92. The highest BCUT2D eigenvalue weighted by Gasteiger charge is 2.17. The van der Waals surface area contributed by atoms with Crippen molar-refractivity contribution in [2.24, 2.45) is 4.99 Å². The molecule has 0 bridgehead atoms. The molecule has 0 saturated heterocycles. The molecule has 0 fully saturated rings. The predicted molar refractivity (Wildman–Crippen MR) is 92.4 cm³/mol. The zero-order valence-electron chi connectivity index (χ0n) is 12.1. The van der Waals surface area contributed by atoms with Crippen LogP contribution in [0.3, 0.4) is 0 Å². The zero-order chi connectivity index (χ0) is 14.8. The second-order valence-corrected chi connectivity index (χ2v) is 6.62. The van der Waals surface area contributed by atoms with Crippen LogP contribution in [0.1, 0.15) is 31.4 Å². The van der Waals surface area contributed by atoms with E-state index in [2.05, 4.69) is 44.2 Å². The van der Waals surface area contributed by atoms with Crippen molar-refractivity contribution in [3.8, 4) is 0 Å². The molecular weight excluding hydrogens is 298 g/mol. The lowest BCUT2D eigenvalue weighted by atomic mass is 10.0. The standard InChI is InChI=1S/C18H16ClNS/c1-3-16-12(2)21-17-10-5-4-9-15(17)18(20-16)13-7-6-8-14(19)11-13/h4-11H,3H2,1-2H3. The SMILES string of the molecule is CCC1=C(C)Sc2ccccc2C(c2cccc(Cl)c2)=N1. The maximum Gasteiger partial charge on any atom is 0.0789 e. The quantitative estimate of drug-likeness (QED) is 0.670. The molecule has 3 rings (SSSR count). The van der Waals surface area contributed by atoms with Gasteiger partial charge in [-0.15, -0.1) is 0 Å². The van der Waals surface area contributed by atoms with E-state index >= 15 is 0 Å². The highest BCUT2D eigenvalue weighted by atomic mass is 35.5. The van der Waals surface area contributed by atoms with Gasteiger partial charge in [-0.25, -0.2) is 0 Å². The molecule has 21 heavy (non-hydrogen) atoms. The van der Waals surface area contributed by atoms with Gasteiger partial charge in [0.25, 0.3) is 0 Å². The van der Waals surface area contributed by atoms with Gasteiger partial charge in [0, 0.05) is 26.0 Å². The van der Waals surface area contributed by atoms with Crippen molar-refractivity contribution in [3.63, 3.8) is 0 Å². The third-order valence-corrected chi connectivity index (χ3v) is 4.84. The molecule has 0 aromatic heterocycles. The molecule has 0 aliphatic carbocycles. The number of allylic oxidation sites excluding steroid dienone is 2. The minimum atomic E-state index is 0.739. The van der Waals surface area contributed by atoms with Crippen LogP contribution in [-0.2, 0) is 0 Å². The molecule has 0 saturated carbocycles. The van der Waals surface area contributed by atoms with Gasteiger partial charge in [0.2, 0.25) is 0 Å². The van der Waals surface area contributed by atoms with Crippen molar-refractivity contribution in [1.29, 1.82) is 0 Å². The van der Waals surface area contributed by atoms with Gasteiger partial charge < -0.3 is 0 Å². The number of fused-ring (bicyclic) bond motifs is 1. The molecule has 3 heteroatoms. The molecule has 0 atom stereocenters. The van der Waals surface area contributed by atoms with E-state index in [1.165, 1.54) is 15.4 Å². The Morgan fingerprint density at radius 1 is 1.10 bits per heavy atom. The average Bonchev–Trinajstić information content (AvgIpc) is 2.63. The Kier molecular flexibility index (Phi) is 4.18. The van der Waals surface area contributed by atoms with Gasteiger partial charge in [0.05, 0.1) is 11.4 Å². The van der Waals surface area contributed by atoms with Crippen LogP contribution < -0.4 is 0 Å². The fourth-order valence-corrected chi connectivity index (χ4v) is 3.68. The molecule has 106 valence electrons. The van der Waals surface area contributed by atoms with Crippen molar-refractivity contribution in [2.45, 2.75) is 25.2 Å². The first-order chi connectivity index (χ1) is 10.2. The molecule has 1 aliphatic rings. The van der Waals surface area contributed by atoms with Gasteiger partial charge in [-0.3, -0.25) is 4.99 Å². The Morgan fingerprint density at radius 3 is 2.67 bits per heavy atom. The number of rotatable bonds is 2. The maximum atomic E-state index is 6.16. The smallest absolute Gasteiger partial charge is 0.0789 e. The van der Waals surface area contributed by atoms with Gasteiger partial charge in [-0.05, 0) is 31.5 Å². The van der Waals surface area contributed by atoms with E-state index in [0.29, 0.717) is 0 Å². The number of halogens is 1. The molecule has 1 nitrogen and oxygen atoms in total. The summed E-state index contributed by atoms with van der Waals surface area (Å²) in [6, 6.07) is 16.3. The fraction of sp³-hybridized carbons (Fsp3) is 0.167. The molecule has 2 aromatic rings. The first-order valence-corrected chi connectivity index (χ1v) is 8.20. The van der Waals surface area contributed by atoms with Gasteiger partial charge in [-0.1, -0.05) is 60.6 Å². The van der Waals surface area contributed by atoms with Gasteiger partial charge in [0.1, 0.15) is 0 Å². The minimum Gasteiger partial charge on any atom is -0.251 e. The summed E-state index contributed by atoms with van der Waals surface area (Å²) in [6.07, 6.45) is 0.927. The van der Waals surface area contributed by atoms with E-state index in [4.69, 9.17) is 16.6 Å². The van der Waals surface area contributed by atoms with Crippen LogP contribution in [0.25, 0.3) is 0 Å². The molecule has 0 N–H and O–H groups in total. The molecule has 0 radical (unpaired) electrons. The lowest BCUT2D eigenvalue weighted by Gasteiger charge is -2.09.